The Bertz CT molecular complexity index is 142. The Morgan fingerprint density at radius 3 is 2.31 bits per heavy atom. The maximum absolute atomic E-state index is 6.31. The first-order valence-electron chi connectivity index (χ1n) is 6.54. The summed E-state index contributed by atoms with van der Waals surface area (Å²) in [6.07, 6.45) is 11.4. The Kier molecular flexibility index (Phi) is 13.7. The lowest BCUT2D eigenvalue weighted by Crippen LogP contribution is -2.05. The van der Waals surface area contributed by atoms with Crippen LogP contribution in [-0.2, 0) is 0 Å². The molecule has 0 amide bonds. The highest BCUT2D eigenvalue weighted by Crippen LogP contribution is 2.21. The van der Waals surface area contributed by atoms with E-state index in [-0.39, 0.29) is 0 Å². The minimum atomic E-state index is 0.390. The lowest BCUT2D eigenvalue weighted by molar-refractivity contribution is 0.569. The molecule has 0 saturated carbocycles. The summed E-state index contributed by atoms with van der Waals surface area (Å²) in [5.41, 5.74) is 0. The van der Waals surface area contributed by atoms with Crippen LogP contribution in [0.4, 0.5) is 0 Å². The van der Waals surface area contributed by atoms with Crippen LogP contribution >= 0.6 is 43.5 Å². The van der Waals surface area contributed by atoms with E-state index in [2.05, 4.69) is 38.8 Å². The van der Waals surface area contributed by atoms with Crippen LogP contribution in [0, 0.1) is 0 Å². The van der Waals surface area contributed by atoms with Gasteiger partial charge in [0.15, 0.2) is 0 Å². The number of halogens is 3. The van der Waals surface area contributed by atoms with Crippen molar-refractivity contribution in [3.05, 3.63) is 0 Å². The van der Waals surface area contributed by atoms with Gasteiger partial charge < -0.3 is 0 Å². The van der Waals surface area contributed by atoms with Gasteiger partial charge in [-0.1, -0.05) is 64.5 Å². The second-order valence-corrected chi connectivity index (χ2v) is 7.16. The fraction of sp³-hybridized carbons (Fsp3) is 1.00. The van der Waals surface area contributed by atoms with Crippen molar-refractivity contribution in [2.45, 2.75) is 74.9 Å². The van der Waals surface area contributed by atoms with E-state index in [9.17, 15) is 0 Å². The molecule has 0 radical (unpaired) electrons. The van der Waals surface area contributed by atoms with Gasteiger partial charge in [-0.15, -0.1) is 11.6 Å². The zero-order valence-corrected chi connectivity index (χ0v) is 14.3. The minimum absolute atomic E-state index is 0.390. The fourth-order valence-corrected chi connectivity index (χ4v) is 2.93. The molecule has 0 N–H and O–H groups in total. The van der Waals surface area contributed by atoms with Crippen molar-refractivity contribution in [2.75, 3.05) is 5.33 Å². The molecule has 3 heteroatoms. The highest BCUT2D eigenvalue weighted by molar-refractivity contribution is 9.09. The minimum Gasteiger partial charge on any atom is -0.123 e. The maximum atomic E-state index is 6.31. The van der Waals surface area contributed by atoms with Crippen LogP contribution in [0.15, 0.2) is 0 Å². The molecule has 2 atom stereocenters. The molecule has 0 spiro atoms. The zero-order chi connectivity index (χ0) is 12.2. The van der Waals surface area contributed by atoms with Gasteiger partial charge in [0.25, 0.3) is 0 Å². The van der Waals surface area contributed by atoms with E-state index in [0.717, 1.165) is 11.8 Å². The van der Waals surface area contributed by atoms with Crippen molar-refractivity contribution < 1.29 is 0 Å². The van der Waals surface area contributed by atoms with E-state index in [4.69, 9.17) is 11.6 Å². The summed E-state index contributed by atoms with van der Waals surface area (Å²) in [5, 5.41) is 1.50. The normalized spacial score (nSPS) is 15.0. The maximum Gasteiger partial charge on any atom is 0.0336 e. The standard InChI is InChI=1S/C13H25Br2Cl/c1-2-3-4-5-8-13(16)10-9-12(15)7-6-11-14/h12-13H,2-11H2,1H3. The van der Waals surface area contributed by atoms with E-state index in [0.29, 0.717) is 10.2 Å². The number of unbranched alkanes of at least 4 members (excludes halogenated alkanes) is 3. The van der Waals surface area contributed by atoms with Crippen molar-refractivity contribution in [1.82, 2.24) is 0 Å². The highest BCUT2D eigenvalue weighted by Gasteiger charge is 2.09. The molecule has 0 aliphatic heterocycles. The molecular weight excluding hydrogens is 351 g/mol. The van der Waals surface area contributed by atoms with Gasteiger partial charge in [0.2, 0.25) is 0 Å². The summed E-state index contributed by atoms with van der Waals surface area (Å²) in [6, 6.07) is 0. The summed E-state index contributed by atoms with van der Waals surface area (Å²) in [6.45, 7) is 2.25. The quantitative estimate of drug-likeness (QED) is 0.294. The van der Waals surface area contributed by atoms with Gasteiger partial charge in [0, 0.05) is 15.5 Å². The number of hydrogen-bond acceptors (Lipinski definition) is 0. The molecular formula is C13H25Br2Cl. The van der Waals surface area contributed by atoms with Gasteiger partial charge in [-0.05, 0) is 32.1 Å². The molecule has 0 saturated heterocycles. The molecule has 0 nitrogen and oxygen atoms in total. The fourth-order valence-electron chi connectivity index (χ4n) is 1.74. The first-order valence-corrected chi connectivity index (χ1v) is 9.02. The van der Waals surface area contributed by atoms with Crippen LogP contribution < -0.4 is 0 Å². The number of rotatable bonds is 11. The van der Waals surface area contributed by atoms with Crippen LogP contribution in [0.5, 0.6) is 0 Å². The predicted octanol–water partition coefficient (Wildman–Crippen LogP) is 6.28. The predicted molar refractivity (Wildman–Crippen MR) is 83.4 cm³/mol. The summed E-state index contributed by atoms with van der Waals surface area (Å²) >= 11 is 13.5. The summed E-state index contributed by atoms with van der Waals surface area (Å²) in [7, 11) is 0. The van der Waals surface area contributed by atoms with E-state index in [1.807, 2.05) is 0 Å². The molecule has 0 aliphatic carbocycles. The van der Waals surface area contributed by atoms with Gasteiger partial charge in [0.1, 0.15) is 0 Å². The monoisotopic (exact) mass is 374 g/mol. The molecule has 0 heterocycles. The molecule has 98 valence electrons. The molecule has 0 rings (SSSR count). The molecule has 0 aromatic heterocycles. The molecule has 0 aromatic carbocycles. The Morgan fingerprint density at radius 1 is 0.938 bits per heavy atom. The van der Waals surface area contributed by atoms with E-state index in [1.165, 1.54) is 51.4 Å². The van der Waals surface area contributed by atoms with Crippen LogP contribution in [0.3, 0.4) is 0 Å². The van der Waals surface area contributed by atoms with Crippen LogP contribution in [0.25, 0.3) is 0 Å². The molecule has 0 fully saturated rings. The van der Waals surface area contributed by atoms with Gasteiger partial charge in [-0.25, -0.2) is 0 Å². The van der Waals surface area contributed by atoms with E-state index < -0.39 is 0 Å². The van der Waals surface area contributed by atoms with Crippen LogP contribution in [-0.4, -0.2) is 15.5 Å². The Morgan fingerprint density at radius 2 is 1.69 bits per heavy atom. The number of hydrogen-bond donors (Lipinski definition) is 0. The Labute approximate surface area is 123 Å². The molecule has 16 heavy (non-hydrogen) atoms. The van der Waals surface area contributed by atoms with Crippen LogP contribution in [0.1, 0.15) is 64.7 Å². The van der Waals surface area contributed by atoms with E-state index >= 15 is 0 Å². The van der Waals surface area contributed by atoms with Crippen molar-refractivity contribution in [1.29, 1.82) is 0 Å². The first kappa shape index (κ1) is 17.2. The average Bonchev–Trinajstić information content (AvgIpc) is 2.29. The topological polar surface area (TPSA) is 0 Å². The second-order valence-electron chi connectivity index (χ2n) is 4.45. The van der Waals surface area contributed by atoms with Gasteiger partial charge in [0.05, 0.1) is 0 Å². The van der Waals surface area contributed by atoms with Gasteiger partial charge in [-0.2, -0.15) is 0 Å². The summed E-state index contributed by atoms with van der Waals surface area (Å²) < 4.78 is 0. The lowest BCUT2D eigenvalue weighted by atomic mass is 10.1. The van der Waals surface area contributed by atoms with Gasteiger partial charge >= 0.3 is 0 Å². The van der Waals surface area contributed by atoms with Crippen molar-refractivity contribution in [3.8, 4) is 0 Å². The SMILES string of the molecule is CCCCCCC(Cl)CCC(Br)CCCBr. The molecule has 0 bridgehead atoms. The largest absolute Gasteiger partial charge is 0.123 e. The third-order valence-electron chi connectivity index (χ3n) is 2.82. The number of alkyl halides is 3. The highest BCUT2D eigenvalue weighted by atomic mass is 79.9. The van der Waals surface area contributed by atoms with Gasteiger partial charge in [-0.3, -0.25) is 0 Å². The van der Waals surface area contributed by atoms with E-state index in [1.54, 1.807) is 0 Å². The smallest absolute Gasteiger partial charge is 0.0336 e. The molecule has 0 aromatic rings. The lowest BCUT2D eigenvalue weighted by Gasteiger charge is -2.12. The average molecular weight is 377 g/mol. The third-order valence-corrected chi connectivity index (χ3v) is 4.73. The summed E-state index contributed by atoms with van der Waals surface area (Å²) in [4.78, 5) is 0.655. The molecule has 0 aliphatic rings. The zero-order valence-electron chi connectivity index (χ0n) is 10.4. The first-order chi connectivity index (χ1) is 7.70. The Hall–Kier alpha value is 1.25. The second kappa shape index (κ2) is 12.7. The summed E-state index contributed by atoms with van der Waals surface area (Å²) in [5.74, 6) is 0. The third kappa shape index (κ3) is 11.7. The van der Waals surface area contributed by atoms with Crippen LogP contribution in [0.2, 0.25) is 0 Å². The van der Waals surface area contributed by atoms with Crippen molar-refractivity contribution in [3.63, 3.8) is 0 Å². The molecule has 2 unspecified atom stereocenters. The van der Waals surface area contributed by atoms with Crippen molar-refractivity contribution >= 4 is 43.5 Å². The van der Waals surface area contributed by atoms with Crippen molar-refractivity contribution in [2.24, 2.45) is 0 Å². The Balaban J connectivity index is 3.31.